The molecule has 1 aliphatic heterocycles. The van der Waals surface area contributed by atoms with Crippen LogP contribution in [0.15, 0.2) is 23.0 Å². The maximum Gasteiger partial charge on any atom is 0.339 e. The van der Waals surface area contributed by atoms with Gasteiger partial charge in [-0.05, 0) is 13.0 Å². The van der Waals surface area contributed by atoms with Crippen LogP contribution in [-0.2, 0) is 14.3 Å². The molecule has 0 aromatic carbocycles. The first kappa shape index (κ1) is 8.80. The Morgan fingerprint density at radius 3 is 2.57 bits per heavy atom. The van der Waals surface area contributed by atoms with Crippen molar-refractivity contribution in [1.29, 1.82) is 0 Å². The van der Waals surface area contributed by atoms with Gasteiger partial charge in [-0.25, -0.2) is 9.59 Å². The molecular weight excluding hydrogens is 188 g/mol. The van der Waals surface area contributed by atoms with Crippen LogP contribution < -0.4 is 0 Å². The Bertz CT molecular complexity index is 403. The molecule has 0 radical (unpaired) electrons. The summed E-state index contributed by atoms with van der Waals surface area (Å²) in [5, 5.41) is 17.5. The lowest BCUT2D eigenvalue weighted by atomic mass is 9.91. The monoisotopic (exact) mass is 196 g/mol. The van der Waals surface area contributed by atoms with Crippen LogP contribution in [0.2, 0.25) is 0 Å². The van der Waals surface area contributed by atoms with E-state index >= 15 is 0 Å². The lowest BCUT2D eigenvalue weighted by Crippen LogP contribution is -2.17. The van der Waals surface area contributed by atoms with Crippen molar-refractivity contribution in [3.8, 4) is 0 Å². The fourth-order valence-corrected chi connectivity index (χ4v) is 1.61. The molecule has 0 amide bonds. The SMILES string of the molecule is CC12CC(C(=O)O)=CC(C(=O)O)=C1O2. The van der Waals surface area contributed by atoms with E-state index in [0.717, 1.165) is 6.08 Å². The van der Waals surface area contributed by atoms with Crippen LogP contribution in [0.1, 0.15) is 13.3 Å². The molecule has 5 heteroatoms. The second-order valence-corrected chi connectivity index (χ2v) is 3.53. The largest absolute Gasteiger partial charge is 0.478 e. The first-order chi connectivity index (χ1) is 6.44. The Hall–Kier alpha value is -1.78. The lowest BCUT2D eigenvalue weighted by Gasteiger charge is -2.08. The highest BCUT2D eigenvalue weighted by Gasteiger charge is 2.54. The summed E-state index contributed by atoms with van der Waals surface area (Å²) in [6.07, 6.45) is 1.39. The molecule has 14 heavy (non-hydrogen) atoms. The average Bonchev–Trinajstić information content (AvgIpc) is 2.73. The van der Waals surface area contributed by atoms with Gasteiger partial charge in [0.1, 0.15) is 5.57 Å². The van der Waals surface area contributed by atoms with Gasteiger partial charge in [0, 0.05) is 12.0 Å². The smallest absolute Gasteiger partial charge is 0.339 e. The molecule has 1 aliphatic carbocycles. The molecule has 0 aromatic heterocycles. The molecule has 1 atom stereocenters. The molecule has 74 valence electrons. The molecule has 1 saturated heterocycles. The highest BCUT2D eigenvalue weighted by Crippen LogP contribution is 2.50. The van der Waals surface area contributed by atoms with E-state index in [0.29, 0.717) is 5.76 Å². The van der Waals surface area contributed by atoms with Crippen molar-refractivity contribution in [3.05, 3.63) is 23.0 Å². The maximum absolute atomic E-state index is 10.7. The second-order valence-electron chi connectivity index (χ2n) is 3.53. The fraction of sp³-hybridized carbons (Fsp3) is 0.333. The molecular formula is C9H8O5. The predicted octanol–water partition coefficient (Wildman–Crippen LogP) is 0.529. The number of carboxylic acids is 2. The van der Waals surface area contributed by atoms with E-state index in [-0.39, 0.29) is 17.6 Å². The molecule has 0 aromatic rings. The summed E-state index contributed by atoms with van der Waals surface area (Å²) in [7, 11) is 0. The van der Waals surface area contributed by atoms with Crippen LogP contribution in [0.5, 0.6) is 0 Å². The van der Waals surface area contributed by atoms with Crippen LogP contribution in [0.3, 0.4) is 0 Å². The van der Waals surface area contributed by atoms with Crippen molar-refractivity contribution in [1.82, 2.24) is 0 Å². The van der Waals surface area contributed by atoms with Gasteiger partial charge in [-0.15, -0.1) is 0 Å². The quantitative estimate of drug-likeness (QED) is 0.629. The van der Waals surface area contributed by atoms with Gasteiger partial charge in [-0.1, -0.05) is 0 Å². The first-order valence-corrected chi connectivity index (χ1v) is 4.05. The van der Waals surface area contributed by atoms with E-state index in [9.17, 15) is 9.59 Å². The molecule has 2 aliphatic rings. The van der Waals surface area contributed by atoms with Gasteiger partial charge in [0.25, 0.3) is 0 Å². The Kier molecular flexibility index (Phi) is 1.49. The number of hydrogen-bond donors (Lipinski definition) is 2. The van der Waals surface area contributed by atoms with E-state index in [1.54, 1.807) is 6.92 Å². The van der Waals surface area contributed by atoms with Crippen LogP contribution in [0, 0.1) is 0 Å². The summed E-state index contributed by atoms with van der Waals surface area (Å²) in [5.41, 5.74) is -0.668. The van der Waals surface area contributed by atoms with Gasteiger partial charge in [-0.2, -0.15) is 0 Å². The minimum atomic E-state index is -1.15. The summed E-state index contributed by atoms with van der Waals surface area (Å²) in [6, 6.07) is 0. The zero-order valence-corrected chi connectivity index (χ0v) is 7.40. The second kappa shape index (κ2) is 2.37. The Morgan fingerprint density at radius 1 is 1.43 bits per heavy atom. The van der Waals surface area contributed by atoms with Gasteiger partial charge >= 0.3 is 11.9 Å². The average molecular weight is 196 g/mol. The molecule has 2 N–H and O–H groups in total. The van der Waals surface area contributed by atoms with Crippen LogP contribution in [0.25, 0.3) is 0 Å². The molecule has 0 saturated carbocycles. The Morgan fingerprint density at radius 2 is 2.07 bits per heavy atom. The highest BCUT2D eigenvalue weighted by molar-refractivity contribution is 5.97. The van der Waals surface area contributed by atoms with Crippen molar-refractivity contribution >= 4 is 11.9 Å². The predicted molar refractivity (Wildman–Crippen MR) is 44.5 cm³/mol. The number of ether oxygens (including phenoxy) is 1. The third-order valence-electron chi connectivity index (χ3n) is 2.36. The van der Waals surface area contributed by atoms with E-state index in [2.05, 4.69) is 0 Å². The molecule has 1 unspecified atom stereocenters. The van der Waals surface area contributed by atoms with E-state index in [1.807, 2.05) is 0 Å². The van der Waals surface area contributed by atoms with Gasteiger partial charge in [0.05, 0.1) is 0 Å². The van der Waals surface area contributed by atoms with Crippen molar-refractivity contribution in [2.24, 2.45) is 0 Å². The normalized spacial score (nSPS) is 28.8. The number of aliphatic carboxylic acids is 2. The van der Waals surface area contributed by atoms with Crippen molar-refractivity contribution in [3.63, 3.8) is 0 Å². The van der Waals surface area contributed by atoms with E-state index < -0.39 is 17.5 Å². The Balaban J connectivity index is 2.43. The van der Waals surface area contributed by atoms with Gasteiger partial charge in [-0.3, -0.25) is 0 Å². The number of carboxylic acid groups (broad SMARTS) is 2. The zero-order chi connectivity index (χ0) is 10.5. The molecule has 1 heterocycles. The van der Waals surface area contributed by atoms with E-state index in [4.69, 9.17) is 14.9 Å². The summed E-state index contributed by atoms with van der Waals surface area (Å²) < 4.78 is 5.10. The van der Waals surface area contributed by atoms with Gasteiger partial charge in [0.15, 0.2) is 11.4 Å². The third kappa shape index (κ3) is 1.09. The number of epoxide rings is 1. The number of hydrogen-bond acceptors (Lipinski definition) is 3. The molecule has 0 bridgehead atoms. The highest BCUT2D eigenvalue weighted by atomic mass is 16.6. The number of carbonyl (C=O) groups is 2. The standard InChI is InChI=1S/C9H8O5/c1-9-3-4(7(10)11)2-5(8(12)13)6(9)14-9/h2H,3H2,1H3,(H,10,11)(H,12,13). The van der Waals surface area contributed by atoms with Crippen molar-refractivity contribution in [2.45, 2.75) is 18.9 Å². The van der Waals surface area contributed by atoms with Crippen LogP contribution >= 0.6 is 0 Å². The number of rotatable bonds is 2. The van der Waals surface area contributed by atoms with E-state index in [1.165, 1.54) is 0 Å². The molecule has 5 nitrogen and oxygen atoms in total. The minimum Gasteiger partial charge on any atom is -0.478 e. The zero-order valence-electron chi connectivity index (χ0n) is 7.40. The fourth-order valence-electron chi connectivity index (χ4n) is 1.61. The van der Waals surface area contributed by atoms with Gasteiger partial charge < -0.3 is 14.9 Å². The molecule has 2 rings (SSSR count). The summed E-state index contributed by atoms with van der Waals surface area (Å²) in [6.45, 7) is 1.68. The molecule has 1 fully saturated rings. The maximum atomic E-state index is 10.7. The van der Waals surface area contributed by atoms with Gasteiger partial charge in [0.2, 0.25) is 0 Å². The van der Waals surface area contributed by atoms with Crippen LogP contribution in [-0.4, -0.2) is 27.8 Å². The summed E-state index contributed by atoms with van der Waals surface area (Å²) >= 11 is 0. The first-order valence-electron chi connectivity index (χ1n) is 4.05. The summed E-state index contributed by atoms with van der Waals surface area (Å²) in [4.78, 5) is 21.4. The van der Waals surface area contributed by atoms with Crippen molar-refractivity contribution in [2.75, 3.05) is 0 Å². The third-order valence-corrected chi connectivity index (χ3v) is 2.36. The lowest BCUT2D eigenvalue weighted by molar-refractivity contribution is -0.133. The number of fused-ring (bicyclic) bond motifs is 1. The van der Waals surface area contributed by atoms with Crippen molar-refractivity contribution < 1.29 is 24.5 Å². The topological polar surface area (TPSA) is 87.1 Å². The van der Waals surface area contributed by atoms with Crippen LogP contribution in [0.4, 0.5) is 0 Å². The Labute approximate surface area is 79.3 Å². The summed E-state index contributed by atoms with van der Waals surface area (Å²) in [5.74, 6) is -1.86. The molecule has 0 spiro atoms. The minimum absolute atomic E-state index is 0.0452.